The average molecular weight is 502 g/mol. The number of nitrogens with one attached hydrogen (secondary N) is 1. The van der Waals surface area contributed by atoms with Crippen molar-refractivity contribution < 1.29 is 22.7 Å². The molecule has 190 valence electrons. The highest BCUT2D eigenvalue weighted by Crippen LogP contribution is 2.26. The summed E-state index contributed by atoms with van der Waals surface area (Å²) < 4.78 is 47.4. The quantitative estimate of drug-likeness (QED) is 0.572. The van der Waals surface area contributed by atoms with Crippen LogP contribution in [0.3, 0.4) is 0 Å². The van der Waals surface area contributed by atoms with Gasteiger partial charge in [-0.2, -0.15) is 0 Å². The third-order valence-corrected chi connectivity index (χ3v) is 6.75. The van der Waals surface area contributed by atoms with E-state index >= 15 is 0 Å². The van der Waals surface area contributed by atoms with Crippen molar-refractivity contribution in [3.63, 3.8) is 0 Å². The number of aryl methyl sites for hydroxylation is 1. The summed E-state index contributed by atoms with van der Waals surface area (Å²) in [6, 6.07) is 5.32. The maximum atomic E-state index is 14.5. The smallest absolute Gasteiger partial charge is 0.266 e. The SMILES string of the molecule is Cn1c(=O)c(C(=O)N2CCN3CCOCC3C2)cc2c(NCc3cccc(C(F)F)c3F)ncnc21. The van der Waals surface area contributed by atoms with Gasteiger partial charge in [-0.3, -0.25) is 19.1 Å². The van der Waals surface area contributed by atoms with Crippen LogP contribution in [0, 0.1) is 5.82 Å². The summed E-state index contributed by atoms with van der Waals surface area (Å²) in [5.41, 5.74) is -0.885. The van der Waals surface area contributed by atoms with Crippen molar-refractivity contribution in [2.45, 2.75) is 19.0 Å². The van der Waals surface area contributed by atoms with E-state index in [-0.39, 0.29) is 35.2 Å². The Morgan fingerprint density at radius 2 is 2.08 bits per heavy atom. The summed E-state index contributed by atoms with van der Waals surface area (Å²) >= 11 is 0. The van der Waals surface area contributed by atoms with Crippen molar-refractivity contribution in [3.8, 4) is 0 Å². The van der Waals surface area contributed by atoms with Crippen LogP contribution in [0.2, 0.25) is 0 Å². The fraction of sp³-hybridized carbons (Fsp3) is 0.417. The normalized spacial score (nSPS) is 18.5. The van der Waals surface area contributed by atoms with Crippen molar-refractivity contribution >= 4 is 22.8 Å². The number of hydrogen-bond donors (Lipinski definition) is 1. The van der Waals surface area contributed by atoms with Gasteiger partial charge in [0.05, 0.1) is 30.2 Å². The zero-order valence-corrected chi connectivity index (χ0v) is 19.6. The number of piperazine rings is 1. The van der Waals surface area contributed by atoms with Crippen LogP contribution >= 0.6 is 0 Å². The van der Waals surface area contributed by atoms with Crippen LogP contribution < -0.4 is 10.9 Å². The van der Waals surface area contributed by atoms with E-state index in [1.165, 1.54) is 36.1 Å². The summed E-state index contributed by atoms with van der Waals surface area (Å²) in [7, 11) is 1.51. The maximum Gasteiger partial charge on any atom is 0.266 e. The number of ether oxygens (including phenoxy) is 1. The van der Waals surface area contributed by atoms with Gasteiger partial charge in [0.2, 0.25) is 0 Å². The average Bonchev–Trinajstić information content (AvgIpc) is 2.89. The molecule has 2 aliphatic rings. The van der Waals surface area contributed by atoms with Gasteiger partial charge < -0.3 is 15.0 Å². The molecule has 36 heavy (non-hydrogen) atoms. The van der Waals surface area contributed by atoms with Crippen LogP contribution in [0.25, 0.3) is 11.0 Å². The topological polar surface area (TPSA) is 92.6 Å². The summed E-state index contributed by atoms with van der Waals surface area (Å²) in [4.78, 5) is 38.8. The first-order chi connectivity index (χ1) is 17.3. The van der Waals surface area contributed by atoms with Crippen LogP contribution in [0.1, 0.15) is 27.9 Å². The number of benzene rings is 1. The number of pyridine rings is 1. The molecule has 0 aliphatic carbocycles. The lowest BCUT2D eigenvalue weighted by Crippen LogP contribution is -2.59. The highest BCUT2D eigenvalue weighted by Gasteiger charge is 2.33. The molecular weight excluding hydrogens is 477 g/mol. The first-order valence-electron chi connectivity index (χ1n) is 11.6. The van der Waals surface area contributed by atoms with Gasteiger partial charge in [0, 0.05) is 45.3 Å². The van der Waals surface area contributed by atoms with Gasteiger partial charge in [-0.25, -0.2) is 23.1 Å². The summed E-state index contributed by atoms with van der Waals surface area (Å²) in [6.07, 6.45) is -1.70. The number of fused-ring (bicyclic) bond motifs is 2. The largest absolute Gasteiger partial charge is 0.378 e. The van der Waals surface area contributed by atoms with E-state index < -0.39 is 29.3 Å². The molecule has 1 unspecified atom stereocenters. The van der Waals surface area contributed by atoms with Gasteiger partial charge in [-0.05, 0) is 6.07 Å². The number of anilines is 1. The number of halogens is 3. The van der Waals surface area contributed by atoms with Gasteiger partial charge in [0.15, 0.2) is 0 Å². The molecule has 12 heteroatoms. The predicted molar refractivity (Wildman–Crippen MR) is 126 cm³/mol. The lowest BCUT2D eigenvalue weighted by atomic mass is 10.1. The van der Waals surface area contributed by atoms with E-state index in [4.69, 9.17) is 4.74 Å². The molecule has 2 saturated heterocycles. The summed E-state index contributed by atoms with van der Waals surface area (Å²) in [6.45, 7) is 3.54. The van der Waals surface area contributed by atoms with Crippen LogP contribution in [0.5, 0.6) is 0 Å². The van der Waals surface area contributed by atoms with E-state index in [1.54, 1.807) is 4.90 Å². The Morgan fingerprint density at radius 3 is 2.89 bits per heavy atom. The fourth-order valence-corrected chi connectivity index (χ4v) is 4.75. The Bertz CT molecular complexity index is 1360. The molecule has 2 aromatic heterocycles. The van der Waals surface area contributed by atoms with Crippen molar-refractivity contribution in [1.29, 1.82) is 0 Å². The van der Waals surface area contributed by atoms with E-state index in [0.29, 0.717) is 38.2 Å². The van der Waals surface area contributed by atoms with Gasteiger partial charge in [-0.15, -0.1) is 0 Å². The molecule has 0 saturated carbocycles. The fourth-order valence-electron chi connectivity index (χ4n) is 4.75. The molecule has 1 atom stereocenters. The number of rotatable bonds is 5. The number of amides is 1. The van der Waals surface area contributed by atoms with E-state index in [0.717, 1.165) is 12.6 Å². The zero-order chi connectivity index (χ0) is 25.4. The number of morpholine rings is 1. The Morgan fingerprint density at radius 1 is 1.25 bits per heavy atom. The van der Waals surface area contributed by atoms with Crippen molar-refractivity contribution in [2.75, 3.05) is 44.7 Å². The molecule has 1 amide bonds. The third-order valence-electron chi connectivity index (χ3n) is 6.75. The second kappa shape index (κ2) is 9.86. The Kier molecular flexibility index (Phi) is 6.63. The van der Waals surface area contributed by atoms with Crippen LogP contribution in [-0.2, 0) is 18.3 Å². The minimum Gasteiger partial charge on any atom is -0.378 e. The third kappa shape index (κ3) is 4.42. The van der Waals surface area contributed by atoms with Gasteiger partial charge in [-0.1, -0.05) is 18.2 Å². The van der Waals surface area contributed by atoms with Crippen LogP contribution in [0.15, 0.2) is 35.4 Å². The van der Waals surface area contributed by atoms with Crippen molar-refractivity contribution in [2.24, 2.45) is 7.05 Å². The Labute approximate surface area is 204 Å². The molecule has 2 fully saturated rings. The first-order valence-corrected chi connectivity index (χ1v) is 11.6. The second-order valence-corrected chi connectivity index (χ2v) is 8.87. The molecule has 4 heterocycles. The van der Waals surface area contributed by atoms with E-state index in [9.17, 15) is 22.8 Å². The van der Waals surface area contributed by atoms with E-state index in [1.807, 2.05) is 0 Å². The molecule has 0 radical (unpaired) electrons. The molecule has 1 aromatic carbocycles. The lowest BCUT2D eigenvalue weighted by molar-refractivity contribution is -0.0395. The van der Waals surface area contributed by atoms with Gasteiger partial charge in [0.25, 0.3) is 17.9 Å². The lowest BCUT2D eigenvalue weighted by Gasteiger charge is -2.43. The standard InChI is InChI=1S/C24H25F3N6O3/c1-31-22-17(21(29-13-30-22)28-10-14-3-2-4-16(19(14)25)20(26)27)9-18(23(31)34)24(35)33-6-5-32-7-8-36-12-15(32)11-33/h2-4,9,13,15,20H,5-8,10-12H2,1H3,(H,28,29,30). The molecular formula is C24H25F3N6O3. The highest BCUT2D eigenvalue weighted by atomic mass is 19.3. The number of carbonyl (C=O) groups excluding carboxylic acids is 1. The Balaban J connectivity index is 1.45. The van der Waals surface area contributed by atoms with Crippen LogP contribution in [-0.4, -0.2) is 75.7 Å². The van der Waals surface area contributed by atoms with Crippen molar-refractivity contribution in [1.82, 2.24) is 24.3 Å². The Hall–Kier alpha value is -3.51. The summed E-state index contributed by atoms with van der Waals surface area (Å²) in [5, 5.41) is 3.32. The molecule has 3 aromatic rings. The molecule has 0 spiro atoms. The van der Waals surface area contributed by atoms with Gasteiger partial charge in [0.1, 0.15) is 29.2 Å². The highest BCUT2D eigenvalue weighted by molar-refractivity contribution is 5.99. The van der Waals surface area contributed by atoms with Gasteiger partial charge >= 0.3 is 0 Å². The molecule has 0 bridgehead atoms. The molecule has 9 nitrogen and oxygen atoms in total. The van der Waals surface area contributed by atoms with Crippen molar-refractivity contribution in [3.05, 3.63) is 63.5 Å². The second-order valence-electron chi connectivity index (χ2n) is 8.87. The number of hydrogen-bond acceptors (Lipinski definition) is 7. The van der Waals surface area contributed by atoms with Crippen LogP contribution in [0.4, 0.5) is 19.0 Å². The predicted octanol–water partition coefficient (Wildman–Crippen LogP) is 2.17. The maximum absolute atomic E-state index is 14.5. The minimum atomic E-state index is -2.94. The number of carbonyl (C=O) groups is 1. The number of nitrogens with zero attached hydrogens (tertiary/aromatic N) is 5. The minimum absolute atomic E-state index is 0.0288. The molecule has 2 aliphatic heterocycles. The monoisotopic (exact) mass is 502 g/mol. The number of alkyl halides is 2. The first kappa shape index (κ1) is 24.2. The zero-order valence-electron chi connectivity index (χ0n) is 19.6. The van der Waals surface area contributed by atoms with E-state index in [2.05, 4.69) is 20.2 Å². The summed E-state index contributed by atoms with van der Waals surface area (Å²) in [5.74, 6) is -1.14. The molecule has 1 N–H and O–H groups in total. The number of aromatic nitrogens is 3. The molecule has 5 rings (SSSR count).